The van der Waals surface area contributed by atoms with Crippen LogP contribution in [0.1, 0.15) is 12.8 Å². The summed E-state index contributed by atoms with van der Waals surface area (Å²) in [4.78, 5) is -0.324. The smallest absolute Gasteiger partial charge is 0.316 e. The predicted octanol–water partition coefficient (Wildman–Crippen LogP) is 1.95. The summed E-state index contributed by atoms with van der Waals surface area (Å²) in [6.45, 7) is 1.33. The largest absolute Gasteiger partial charge is 0.473 e. The summed E-state index contributed by atoms with van der Waals surface area (Å²) in [5, 5.41) is 3.02. The summed E-state index contributed by atoms with van der Waals surface area (Å²) in [6, 6.07) is 5.77. The van der Waals surface area contributed by atoms with Crippen LogP contribution in [0, 0.1) is 5.41 Å². The number of alkyl halides is 3. The van der Waals surface area contributed by atoms with Gasteiger partial charge in [0.2, 0.25) is 10.0 Å². The topological polar surface area (TPSA) is 49.4 Å². The van der Waals surface area contributed by atoms with Crippen molar-refractivity contribution in [2.24, 2.45) is 5.41 Å². The Morgan fingerprint density at radius 3 is 2.14 bits per heavy atom. The Bertz CT molecular complexity index is 619. The lowest BCUT2D eigenvalue weighted by Crippen LogP contribution is -2.67. The van der Waals surface area contributed by atoms with Crippen molar-refractivity contribution in [3.05, 3.63) is 30.3 Å². The molecule has 0 atom stereocenters. The van der Waals surface area contributed by atoms with Crippen LogP contribution in [0.15, 0.2) is 35.2 Å². The molecule has 21 heavy (non-hydrogen) atoms. The van der Waals surface area contributed by atoms with Gasteiger partial charge in [-0.1, -0.05) is 18.2 Å². The quantitative estimate of drug-likeness (QED) is 0.866. The average Bonchev–Trinajstić information content (AvgIpc) is 2.30. The Hall–Kier alpha value is -1.12. The molecule has 0 bridgehead atoms. The first-order valence-electron chi connectivity index (χ1n) is 6.62. The summed E-state index contributed by atoms with van der Waals surface area (Å²) >= 11 is 0. The van der Waals surface area contributed by atoms with Gasteiger partial charge in [-0.15, -0.1) is 4.31 Å². The molecule has 1 aliphatic carbocycles. The molecule has 0 aromatic heterocycles. The van der Waals surface area contributed by atoms with E-state index in [4.69, 9.17) is 0 Å². The maximum absolute atomic E-state index is 13.3. The van der Waals surface area contributed by atoms with Crippen LogP contribution in [0.2, 0.25) is 0 Å². The maximum atomic E-state index is 13.3. The molecule has 1 saturated carbocycles. The van der Waals surface area contributed by atoms with Gasteiger partial charge < -0.3 is 5.32 Å². The molecule has 1 spiro atoms. The van der Waals surface area contributed by atoms with Gasteiger partial charge >= 0.3 is 6.30 Å². The van der Waals surface area contributed by atoms with Gasteiger partial charge in [-0.2, -0.15) is 13.2 Å². The number of rotatable bonds is 3. The van der Waals surface area contributed by atoms with Crippen molar-refractivity contribution in [2.75, 3.05) is 13.1 Å². The van der Waals surface area contributed by atoms with E-state index in [0.29, 0.717) is 13.1 Å². The van der Waals surface area contributed by atoms with Crippen LogP contribution in [0.3, 0.4) is 0 Å². The van der Waals surface area contributed by atoms with Gasteiger partial charge in [-0.05, 0) is 30.4 Å². The lowest BCUT2D eigenvalue weighted by molar-refractivity contribution is -0.238. The molecule has 116 valence electrons. The standard InChI is InChI=1S/C13H15F3N2O2S/c14-13(15,16)18(10-6-12(7-10)8-17-9-12)21(19,20)11-4-2-1-3-5-11/h1-5,10,17H,6-9H2. The van der Waals surface area contributed by atoms with E-state index in [2.05, 4.69) is 5.32 Å². The van der Waals surface area contributed by atoms with Crippen LogP contribution in [0.25, 0.3) is 0 Å². The molecule has 8 heteroatoms. The molecule has 1 heterocycles. The summed E-state index contributed by atoms with van der Waals surface area (Å²) in [5.74, 6) is 0. The van der Waals surface area contributed by atoms with Gasteiger partial charge in [0.1, 0.15) is 0 Å². The van der Waals surface area contributed by atoms with E-state index in [1.165, 1.54) is 24.3 Å². The summed E-state index contributed by atoms with van der Waals surface area (Å²) in [7, 11) is -4.57. The Morgan fingerprint density at radius 2 is 1.71 bits per heavy atom. The average molecular weight is 320 g/mol. The number of benzene rings is 1. The molecule has 1 saturated heterocycles. The van der Waals surface area contributed by atoms with Crippen molar-refractivity contribution in [2.45, 2.75) is 30.1 Å². The molecule has 3 rings (SSSR count). The van der Waals surface area contributed by atoms with Gasteiger partial charge in [-0.3, -0.25) is 0 Å². The second-order valence-electron chi connectivity index (χ2n) is 5.75. The number of halogens is 3. The van der Waals surface area contributed by atoms with E-state index in [1.807, 2.05) is 0 Å². The second kappa shape index (κ2) is 4.69. The summed E-state index contributed by atoms with van der Waals surface area (Å²) in [6.07, 6.45) is -4.39. The van der Waals surface area contributed by atoms with Crippen LogP contribution in [-0.4, -0.2) is 38.2 Å². The Kier molecular flexibility index (Phi) is 3.30. The highest BCUT2D eigenvalue weighted by Crippen LogP contribution is 2.50. The van der Waals surface area contributed by atoms with E-state index in [0.717, 1.165) is 0 Å². The lowest BCUT2D eigenvalue weighted by Gasteiger charge is -2.56. The van der Waals surface area contributed by atoms with Crippen LogP contribution in [0.4, 0.5) is 13.2 Å². The van der Waals surface area contributed by atoms with Gasteiger partial charge in [0.25, 0.3) is 0 Å². The number of nitrogens with zero attached hydrogens (tertiary/aromatic N) is 1. The van der Waals surface area contributed by atoms with E-state index in [9.17, 15) is 21.6 Å². The van der Waals surface area contributed by atoms with Crippen molar-refractivity contribution in [3.8, 4) is 0 Å². The Balaban J connectivity index is 1.90. The molecule has 2 fully saturated rings. The highest BCUT2D eigenvalue weighted by molar-refractivity contribution is 7.89. The SMILES string of the molecule is O=S(=O)(c1ccccc1)N(C1CC2(CNC2)C1)C(F)(F)F. The van der Waals surface area contributed by atoms with E-state index in [1.54, 1.807) is 6.07 Å². The number of nitrogens with one attached hydrogen (secondary N) is 1. The van der Waals surface area contributed by atoms with Gasteiger partial charge in [0, 0.05) is 19.1 Å². The minimum atomic E-state index is -4.90. The minimum Gasteiger partial charge on any atom is -0.316 e. The molecule has 0 amide bonds. The first kappa shape index (κ1) is 14.8. The normalized spacial score (nSPS) is 22.1. The van der Waals surface area contributed by atoms with Crippen molar-refractivity contribution in [3.63, 3.8) is 0 Å². The fourth-order valence-corrected chi connectivity index (χ4v) is 4.66. The third kappa shape index (κ3) is 2.45. The minimum absolute atomic E-state index is 0.139. The molecule has 4 nitrogen and oxygen atoms in total. The maximum Gasteiger partial charge on any atom is 0.473 e. The van der Waals surface area contributed by atoms with Crippen LogP contribution < -0.4 is 5.32 Å². The monoisotopic (exact) mass is 320 g/mol. The van der Waals surface area contributed by atoms with E-state index >= 15 is 0 Å². The van der Waals surface area contributed by atoms with Crippen molar-refractivity contribution in [1.29, 1.82) is 0 Å². The van der Waals surface area contributed by atoms with Crippen LogP contribution in [0.5, 0.6) is 0 Å². The highest BCUT2D eigenvalue weighted by Gasteiger charge is 2.59. The zero-order valence-corrected chi connectivity index (χ0v) is 11.9. The lowest BCUT2D eigenvalue weighted by atomic mass is 9.62. The first-order chi connectivity index (χ1) is 9.75. The van der Waals surface area contributed by atoms with E-state index < -0.39 is 22.4 Å². The Morgan fingerprint density at radius 1 is 1.14 bits per heavy atom. The van der Waals surface area contributed by atoms with Crippen molar-refractivity contribution in [1.82, 2.24) is 9.62 Å². The van der Waals surface area contributed by atoms with Gasteiger partial charge in [0.15, 0.2) is 0 Å². The molecule has 1 aromatic carbocycles. The molecule has 0 radical (unpaired) electrons. The highest BCUT2D eigenvalue weighted by atomic mass is 32.2. The third-order valence-electron chi connectivity index (χ3n) is 4.22. The third-order valence-corrected chi connectivity index (χ3v) is 6.11. The number of sulfonamides is 1. The molecular formula is C13H15F3N2O2S. The molecule has 1 aromatic rings. The van der Waals surface area contributed by atoms with E-state index in [-0.39, 0.29) is 27.5 Å². The predicted molar refractivity (Wildman–Crippen MR) is 69.8 cm³/mol. The van der Waals surface area contributed by atoms with Gasteiger partial charge in [-0.25, -0.2) is 8.42 Å². The van der Waals surface area contributed by atoms with Gasteiger partial charge in [0.05, 0.1) is 4.90 Å². The fraction of sp³-hybridized carbons (Fsp3) is 0.538. The van der Waals surface area contributed by atoms with Crippen molar-refractivity contribution < 1.29 is 21.6 Å². The summed E-state index contributed by atoms with van der Waals surface area (Å²) in [5.41, 5.74) is -0.139. The molecular weight excluding hydrogens is 305 g/mol. The van der Waals surface area contributed by atoms with Crippen LogP contribution in [-0.2, 0) is 10.0 Å². The molecule has 0 unspecified atom stereocenters. The van der Waals surface area contributed by atoms with Crippen molar-refractivity contribution >= 4 is 10.0 Å². The summed E-state index contributed by atoms with van der Waals surface area (Å²) < 4.78 is 64.2. The molecule has 2 aliphatic rings. The first-order valence-corrected chi connectivity index (χ1v) is 8.06. The fourth-order valence-electron chi connectivity index (χ4n) is 3.12. The zero-order valence-electron chi connectivity index (χ0n) is 11.1. The second-order valence-corrected chi connectivity index (χ2v) is 7.56. The number of hydrogen-bond acceptors (Lipinski definition) is 3. The Labute approximate surface area is 121 Å². The molecule has 1 aliphatic heterocycles. The molecule has 1 N–H and O–H groups in total. The zero-order chi connectivity index (χ0) is 15.3. The van der Waals surface area contributed by atoms with Crippen LogP contribution >= 0.6 is 0 Å². The number of hydrogen-bond donors (Lipinski definition) is 1.